The molecule has 0 fully saturated rings. The number of rotatable bonds is 5. The summed E-state index contributed by atoms with van der Waals surface area (Å²) in [6.45, 7) is 1.90. The molecule has 1 heterocycles. The lowest BCUT2D eigenvalue weighted by Crippen LogP contribution is -2.18. The van der Waals surface area contributed by atoms with Gasteiger partial charge in [-0.1, -0.05) is 12.1 Å². The molecule has 4 rings (SSSR count). The minimum atomic E-state index is -0.395. The largest absolute Gasteiger partial charge is 0.497 e. The van der Waals surface area contributed by atoms with Crippen molar-refractivity contribution in [3.63, 3.8) is 0 Å². The Bertz CT molecular complexity index is 1130. The van der Waals surface area contributed by atoms with Gasteiger partial charge in [0.25, 0.3) is 0 Å². The zero-order valence-corrected chi connectivity index (χ0v) is 16.8. The number of anilines is 1. The van der Waals surface area contributed by atoms with Crippen LogP contribution in [-0.4, -0.2) is 13.0 Å². The number of hydrogen-bond acceptors (Lipinski definition) is 4. The molecule has 0 saturated carbocycles. The van der Waals surface area contributed by atoms with E-state index in [4.69, 9.17) is 9.15 Å². The van der Waals surface area contributed by atoms with Crippen LogP contribution < -0.4 is 15.7 Å². The molecule has 5 nitrogen and oxygen atoms in total. The third kappa shape index (κ3) is 3.90. The Morgan fingerprint density at radius 2 is 2.00 bits per heavy atom. The van der Waals surface area contributed by atoms with Crippen molar-refractivity contribution in [3.05, 3.63) is 69.1 Å². The van der Waals surface area contributed by atoms with Crippen LogP contribution in [0.5, 0.6) is 5.75 Å². The van der Waals surface area contributed by atoms with E-state index in [1.54, 1.807) is 13.2 Å². The Balaban J connectivity index is 1.51. The molecule has 0 radical (unpaired) electrons. The lowest BCUT2D eigenvalue weighted by atomic mass is 9.90. The summed E-state index contributed by atoms with van der Waals surface area (Å²) in [4.78, 5) is 25.1. The Kier molecular flexibility index (Phi) is 5.38. The highest BCUT2D eigenvalue weighted by Gasteiger charge is 2.16. The molecule has 0 unspecified atom stereocenters. The number of nitrogens with one attached hydrogen (secondary N) is 1. The van der Waals surface area contributed by atoms with Gasteiger partial charge in [-0.05, 0) is 73.9 Å². The van der Waals surface area contributed by atoms with E-state index < -0.39 is 5.63 Å². The van der Waals surface area contributed by atoms with Gasteiger partial charge in [0.05, 0.1) is 7.11 Å². The predicted molar refractivity (Wildman–Crippen MR) is 114 cm³/mol. The molecule has 1 aliphatic carbocycles. The first-order valence-electron chi connectivity index (χ1n) is 10.1. The number of carbonyl (C=O) groups is 1. The van der Waals surface area contributed by atoms with Gasteiger partial charge in [-0.15, -0.1) is 0 Å². The number of hydrogen-bond donors (Lipinski definition) is 1. The third-order valence-corrected chi connectivity index (χ3v) is 5.77. The van der Waals surface area contributed by atoms with Crippen molar-refractivity contribution in [2.24, 2.45) is 0 Å². The standard InChI is InChI=1S/C24H25NO4/c1-15-18-11-10-17(28-2)14-22(18)29-24(27)19(15)12-13-23(26)25-21-9-5-7-16-6-3-4-8-20(16)21/h5,7,9-11,14H,3-4,6,8,12-13H2,1-2H3,(H,25,26). The molecule has 1 aromatic heterocycles. The fourth-order valence-corrected chi connectivity index (χ4v) is 4.14. The summed E-state index contributed by atoms with van der Waals surface area (Å²) in [5.74, 6) is 0.552. The van der Waals surface area contributed by atoms with Crippen molar-refractivity contribution in [3.8, 4) is 5.75 Å². The first-order valence-corrected chi connectivity index (χ1v) is 10.1. The monoisotopic (exact) mass is 391 g/mol. The molecule has 0 bridgehead atoms. The molecule has 0 aliphatic heterocycles. The average Bonchev–Trinajstić information content (AvgIpc) is 2.73. The first-order chi connectivity index (χ1) is 14.1. The summed E-state index contributed by atoms with van der Waals surface area (Å²) in [5.41, 5.74) is 4.99. The van der Waals surface area contributed by atoms with Crippen molar-refractivity contribution >= 4 is 22.6 Å². The molecule has 1 amide bonds. The fourth-order valence-electron chi connectivity index (χ4n) is 4.14. The zero-order valence-electron chi connectivity index (χ0n) is 16.8. The quantitative estimate of drug-likeness (QED) is 0.648. The van der Waals surface area contributed by atoms with Gasteiger partial charge in [0.1, 0.15) is 11.3 Å². The van der Waals surface area contributed by atoms with Gasteiger partial charge in [0, 0.05) is 29.1 Å². The Labute approximate surface area is 169 Å². The molecule has 1 aliphatic rings. The minimum absolute atomic E-state index is 0.0856. The molecule has 3 aromatic rings. The van der Waals surface area contributed by atoms with Gasteiger partial charge < -0.3 is 14.5 Å². The second-order valence-electron chi connectivity index (χ2n) is 7.55. The number of fused-ring (bicyclic) bond motifs is 2. The summed E-state index contributed by atoms with van der Waals surface area (Å²) in [6.07, 6.45) is 5.01. The highest BCUT2D eigenvalue weighted by molar-refractivity contribution is 5.92. The van der Waals surface area contributed by atoms with Crippen molar-refractivity contribution in [2.75, 3.05) is 12.4 Å². The smallest absolute Gasteiger partial charge is 0.339 e. The Morgan fingerprint density at radius 3 is 2.83 bits per heavy atom. The minimum Gasteiger partial charge on any atom is -0.497 e. The summed E-state index contributed by atoms with van der Waals surface area (Å²) >= 11 is 0. The summed E-state index contributed by atoms with van der Waals surface area (Å²) in [7, 11) is 1.57. The molecular weight excluding hydrogens is 366 g/mol. The van der Waals surface area contributed by atoms with E-state index in [0.717, 1.165) is 35.9 Å². The van der Waals surface area contributed by atoms with Gasteiger partial charge in [0.2, 0.25) is 5.91 Å². The topological polar surface area (TPSA) is 68.5 Å². The van der Waals surface area contributed by atoms with Crippen LogP contribution in [0.1, 0.15) is 41.5 Å². The molecule has 0 atom stereocenters. The second-order valence-corrected chi connectivity index (χ2v) is 7.55. The summed E-state index contributed by atoms with van der Waals surface area (Å²) < 4.78 is 10.7. The van der Waals surface area contributed by atoms with Crippen LogP contribution in [0.15, 0.2) is 45.6 Å². The van der Waals surface area contributed by atoms with Crippen molar-refractivity contribution in [2.45, 2.75) is 45.4 Å². The molecular formula is C24H25NO4. The third-order valence-electron chi connectivity index (χ3n) is 5.77. The van der Waals surface area contributed by atoms with E-state index in [-0.39, 0.29) is 12.3 Å². The van der Waals surface area contributed by atoms with Crippen LogP contribution >= 0.6 is 0 Å². The number of methoxy groups -OCH3 is 1. The van der Waals surface area contributed by atoms with Gasteiger partial charge in [-0.2, -0.15) is 0 Å². The molecule has 1 N–H and O–H groups in total. The van der Waals surface area contributed by atoms with Crippen molar-refractivity contribution in [1.82, 2.24) is 0 Å². The first kappa shape index (κ1) is 19.2. The van der Waals surface area contributed by atoms with Gasteiger partial charge in [-0.25, -0.2) is 4.79 Å². The van der Waals surface area contributed by atoms with Crippen LogP contribution in [-0.2, 0) is 24.1 Å². The van der Waals surface area contributed by atoms with Crippen LogP contribution in [0.25, 0.3) is 11.0 Å². The van der Waals surface area contributed by atoms with Crippen LogP contribution in [0.4, 0.5) is 5.69 Å². The van der Waals surface area contributed by atoms with Crippen LogP contribution in [0.2, 0.25) is 0 Å². The van der Waals surface area contributed by atoms with E-state index in [1.807, 2.05) is 31.2 Å². The Hall–Kier alpha value is -3.08. The maximum absolute atomic E-state index is 12.6. The summed E-state index contributed by atoms with van der Waals surface area (Å²) in [5, 5.41) is 3.90. The fraction of sp³-hybridized carbons (Fsp3) is 0.333. The number of carbonyl (C=O) groups excluding carboxylic acids is 1. The number of ether oxygens (including phenoxy) is 1. The van der Waals surface area contributed by atoms with Gasteiger partial charge in [0.15, 0.2) is 0 Å². The van der Waals surface area contributed by atoms with E-state index in [2.05, 4.69) is 11.4 Å². The van der Waals surface area contributed by atoms with Gasteiger partial charge >= 0.3 is 5.63 Å². The van der Waals surface area contributed by atoms with E-state index >= 15 is 0 Å². The second kappa shape index (κ2) is 8.11. The van der Waals surface area contributed by atoms with E-state index in [1.165, 1.54) is 17.5 Å². The zero-order chi connectivity index (χ0) is 20.4. The predicted octanol–water partition coefficient (Wildman–Crippen LogP) is 4.56. The van der Waals surface area contributed by atoms with Crippen molar-refractivity contribution in [1.29, 1.82) is 0 Å². The highest BCUT2D eigenvalue weighted by Crippen LogP contribution is 2.28. The molecule has 0 saturated heterocycles. The Morgan fingerprint density at radius 1 is 1.17 bits per heavy atom. The number of aryl methyl sites for hydroxylation is 2. The highest BCUT2D eigenvalue weighted by atomic mass is 16.5. The average molecular weight is 391 g/mol. The molecule has 5 heteroatoms. The molecule has 0 spiro atoms. The van der Waals surface area contributed by atoms with Crippen LogP contribution in [0, 0.1) is 6.92 Å². The summed E-state index contributed by atoms with van der Waals surface area (Å²) in [6, 6.07) is 11.5. The number of amides is 1. The van der Waals surface area contributed by atoms with E-state index in [0.29, 0.717) is 23.3 Å². The maximum Gasteiger partial charge on any atom is 0.339 e. The number of benzene rings is 2. The lowest BCUT2D eigenvalue weighted by molar-refractivity contribution is -0.116. The molecule has 29 heavy (non-hydrogen) atoms. The normalized spacial score (nSPS) is 13.2. The van der Waals surface area contributed by atoms with Crippen LogP contribution in [0.3, 0.4) is 0 Å². The maximum atomic E-state index is 12.6. The van der Waals surface area contributed by atoms with Gasteiger partial charge in [-0.3, -0.25) is 4.79 Å². The van der Waals surface area contributed by atoms with Crippen molar-refractivity contribution < 1.29 is 13.9 Å². The molecule has 150 valence electrons. The lowest BCUT2D eigenvalue weighted by Gasteiger charge is -2.19. The molecule has 2 aromatic carbocycles. The van der Waals surface area contributed by atoms with E-state index in [9.17, 15) is 9.59 Å². The SMILES string of the molecule is COc1ccc2c(C)c(CCC(=O)Nc3cccc4c3CCCC4)c(=O)oc2c1.